The van der Waals surface area contributed by atoms with Crippen LogP contribution in [0.4, 0.5) is 0 Å². The van der Waals surface area contributed by atoms with Crippen LogP contribution in [0, 0.1) is 13.8 Å². The number of pyridine rings is 1. The number of carbonyl (C=O) groups is 1. The predicted molar refractivity (Wildman–Crippen MR) is 105 cm³/mol. The summed E-state index contributed by atoms with van der Waals surface area (Å²) in [6, 6.07) is 13.3. The Morgan fingerprint density at radius 2 is 1.81 bits per heavy atom. The van der Waals surface area contributed by atoms with Crippen molar-refractivity contribution in [3.8, 4) is 5.75 Å². The topological polar surface area (TPSA) is 51.2 Å². The Morgan fingerprint density at radius 1 is 1.08 bits per heavy atom. The number of aromatic nitrogens is 1. The van der Waals surface area contributed by atoms with Gasteiger partial charge in [-0.3, -0.25) is 4.79 Å². The normalized spacial score (nSPS) is 10.8. The highest BCUT2D eigenvalue weighted by Gasteiger charge is 2.14. The first kappa shape index (κ1) is 18.5. The van der Waals surface area contributed by atoms with E-state index < -0.39 is 0 Å². The highest BCUT2D eigenvalue weighted by Crippen LogP contribution is 2.37. The Morgan fingerprint density at radius 3 is 2.54 bits per heavy atom. The Kier molecular flexibility index (Phi) is 5.64. The molecule has 3 rings (SSSR count). The highest BCUT2D eigenvalue weighted by atomic mass is 35.5. The van der Waals surface area contributed by atoms with Crippen molar-refractivity contribution in [2.24, 2.45) is 0 Å². The van der Waals surface area contributed by atoms with Gasteiger partial charge in [0.1, 0.15) is 5.52 Å². The second-order valence-corrected chi connectivity index (χ2v) is 6.88. The summed E-state index contributed by atoms with van der Waals surface area (Å²) in [5, 5.41) is 4.38. The lowest BCUT2D eigenvalue weighted by Crippen LogP contribution is -2.28. The molecule has 134 valence electrons. The van der Waals surface area contributed by atoms with Gasteiger partial charge in [-0.15, -0.1) is 0 Å². The molecule has 0 radical (unpaired) electrons. The van der Waals surface area contributed by atoms with E-state index in [0.717, 1.165) is 16.6 Å². The molecule has 2 aromatic carbocycles. The van der Waals surface area contributed by atoms with Gasteiger partial charge in [-0.25, -0.2) is 4.98 Å². The number of hydrogen-bond donors (Lipinski definition) is 1. The molecule has 0 spiro atoms. The number of nitrogens with zero attached hydrogens (tertiary/aromatic N) is 1. The SMILES string of the molecule is Cc1ccc(CNC(=O)COc2c(Cl)cc(Cl)c3ccc(C)nc23)cc1. The molecule has 0 saturated carbocycles. The summed E-state index contributed by atoms with van der Waals surface area (Å²) in [5.41, 5.74) is 3.56. The number of carbonyl (C=O) groups excluding carboxylic acids is 1. The van der Waals surface area contributed by atoms with Crippen molar-refractivity contribution < 1.29 is 9.53 Å². The van der Waals surface area contributed by atoms with Crippen LogP contribution < -0.4 is 10.1 Å². The Bertz CT molecular complexity index is 956. The average molecular weight is 389 g/mol. The van der Waals surface area contributed by atoms with E-state index in [9.17, 15) is 4.79 Å². The number of ether oxygens (including phenoxy) is 1. The number of hydrogen-bond acceptors (Lipinski definition) is 3. The molecule has 0 bridgehead atoms. The molecular formula is C20H18Cl2N2O2. The van der Waals surface area contributed by atoms with Gasteiger partial charge in [0, 0.05) is 17.6 Å². The second-order valence-electron chi connectivity index (χ2n) is 6.07. The maximum atomic E-state index is 12.1. The maximum Gasteiger partial charge on any atom is 0.258 e. The summed E-state index contributed by atoms with van der Waals surface area (Å²) in [4.78, 5) is 16.6. The number of aryl methyl sites for hydroxylation is 2. The van der Waals surface area contributed by atoms with Crippen molar-refractivity contribution in [2.75, 3.05) is 6.61 Å². The highest BCUT2D eigenvalue weighted by molar-refractivity contribution is 6.39. The van der Waals surface area contributed by atoms with Crippen LogP contribution in [0.2, 0.25) is 10.0 Å². The second kappa shape index (κ2) is 7.94. The van der Waals surface area contributed by atoms with Gasteiger partial charge < -0.3 is 10.1 Å². The molecule has 0 aliphatic carbocycles. The third-order valence-corrected chi connectivity index (χ3v) is 4.53. The van der Waals surface area contributed by atoms with Crippen molar-refractivity contribution in [3.63, 3.8) is 0 Å². The third kappa shape index (κ3) is 4.26. The third-order valence-electron chi connectivity index (χ3n) is 3.94. The summed E-state index contributed by atoms with van der Waals surface area (Å²) in [6.45, 7) is 4.17. The van der Waals surface area contributed by atoms with E-state index in [1.807, 2.05) is 50.2 Å². The standard InChI is InChI=1S/C20H18Cl2N2O2/c1-12-3-6-14(7-4-12)10-23-18(25)11-26-20-17(22)9-16(21)15-8-5-13(2)24-19(15)20/h3-9H,10-11H2,1-2H3,(H,23,25). The molecule has 0 fully saturated rings. The van der Waals surface area contributed by atoms with Crippen LogP contribution >= 0.6 is 23.2 Å². The van der Waals surface area contributed by atoms with Crippen molar-refractivity contribution in [1.29, 1.82) is 0 Å². The molecular weight excluding hydrogens is 371 g/mol. The molecule has 0 unspecified atom stereocenters. The number of halogens is 2. The van der Waals surface area contributed by atoms with Gasteiger partial charge in [0.05, 0.1) is 10.0 Å². The van der Waals surface area contributed by atoms with E-state index in [2.05, 4.69) is 10.3 Å². The van der Waals surface area contributed by atoms with Gasteiger partial charge >= 0.3 is 0 Å². The van der Waals surface area contributed by atoms with Gasteiger partial charge in [-0.05, 0) is 37.6 Å². The summed E-state index contributed by atoms with van der Waals surface area (Å²) >= 11 is 12.5. The average Bonchev–Trinajstić information content (AvgIpc) is 2.60. The van der Waals surface area contributed by atoms with Crippen LogP contribution in [0.25, 0.3) is 10.9 Å². The number of benzene rings is 2. The van der Waals surface area contributed by atoms with Gasteiger partial charge in [0.15, 0.2) is 12.4 Å². The zero-order valence-electron chi connectivity index (χ0n) is 14.5. The molecule has 1 amide bonds. The summed E-state index contributed by atoms with van der Waals surface area (Å²) in [6.07, 6.45) is 0. The van der Waals surface area contributed by atoms with Crippen molar-refractivity contribution >= 4 is 40.0 Å². The lowest BCUT2D eigenvalue weighted by Gasteiger charge is -2.12. The molecule has 0 aliphatic rings. The van der Waals surface area contributed by atoms with E-state index in [0.29, 0.717) is 27.9 Å². The largest absolute Gasteiger partial charge is 0.480 e. The first-order valence-electron chi connectivity index (χ1n) is 8.14. The predicted octanol–water partition coefficient (Wildman–Crippen LogP) is 4.85. The molecule has 0 atom stereocenters. The van der Waals surface area contributed by atoms with Crippen LogP contribution in [0.3, 0.4) is 0 Å². The summed E-state index contributed by atoms with van der Waals surface area (Å²) in [7, 11) is 0. The van der Waals surface area contributed by atoms with E-state index in [-0.39, 0.29) is 12.5 Å². The van der Waals surface area contributed by atoms with Crippen molar-refractivity contribution in [2.45, 2.75) is 20.4 Å². The van der Waals surface area contributed by atoms with Crippen molar-refractivity contribution in [1.82, 2.24) is 10.3 Å². The Labute approximate surface area is 162 Å². The maximum absolute atomic E-state index is 12.1. The quantitative estimate of drug-likeness (QED) is 0.679. The van der Waals surface area contributed by atoms with Crippen LogP contribution in [-0.4, -0.2) is 17.5 Å². The Balaban J connectivity index is 1.70. The smallest absolute Gasteiger partial charge is 0.258 e. The first-order chi connectivity index (χ1) is 12.4. The molecule has 1 heterocycles. The molecule has 1 N–H and O–H groups in total. The number of rotatable bonds is 5. The van der Waals surface area contributed by atoms with Gasteiger partial charge in [0.2, 0.25) is 0 Å². The number of amides is 1. The summed E-state index contributed by atoms with van der Waals surface area (Å²) < 4.78 is 5.66. The number of fused-ring (bicyclic) bond motifs is 1. The Hall–Kier alpha value is -2.30. The van der Waals surface area contributed by atoms with E-state index in [1.165, 1.54) is 5.56 Å². The van der Waals surface area contributed by atoms with Gasteiger partial charge in [0.25, 0.3) is 5.91 Å². The van der Waals surface area contributed by atoms with Crippen LogP contribution in [0.1, 0.15) is 16.8 Å². The van der Waals surface area contributed by atoms with E-state index in [4.69, 9.17) is 27.9 Å². The molecule has 0 aliphatic heterocycles. The van der Waals surface area contributed by atoms with Crippen molar-refractivity contribution in [3.05, 3.63) is 69.3 Å². The first-order valence-corrected chi connectivity index (χ1v) is 8.90. The number of nitrogens with one attached hydrogen (secondary N) is 1. The summed E-state index contributed by atoms with van der Waals surface area (Å²) in [5.74, 6) is 0.123. The zero-order valence-corrected chi connectivity index (χ0v) is 16.0. The fourth-order valence-electron chi connectivity index (χ4n) is 2.52. The molecule has 0 saturated heterocycles. The molecule has 4 nitrogen and oxygen atoms in total. The van der Waals surface area contributed by atoms with Crippen LogP contribution in [0.5, 0.6) is 5.75 Å². The molecule has 3 aromatic rings. The lowest BCUT2D eigenvalue weighted by molar-refractivity contribution is -0.123. The fraction of sp³-hybridized carbons (Fsp3) is 0.200. The van der Waals surface area contributed by atoms with E-state index in [1.54, 1.807) is 6.07 Å². The van der Waals surface area contributed by atoms with Crippen LogP contribution in [-0.2, 0) is 11.3 Å². The minimum atomic E-state index is -0.239. The van der Waals surface area contributed by atoms with Gasteiger partial charge in [-0.2, -0.15) is 0 Å². The van der Waals surface area contributed by atoms with Crippen LogP contribution in [0.15, 0.2) is 42.5 Å². The monoisotopic (exact) mass is 388 g/mol. The van der Waals surface area contributed by atoms with Gasteiger partial charge in [-0.1, -0.05) is 53.0 Å². The molecule has 26 heavy (non-hydrogen) atoms. The lowest BCUT2D eigenvalue weighted by atomic mass is 10.1. The van der Waals surface area contributed by atoms with E-state index >= 15 is 0 Å². The fourth-order valence-corrected chi connectivity index (χ4v) is 3.09. The molecule has 6 heteroatoms. The minimum Gasteiger partial charge on any atom is -0.480 e. The molecule has 1 aromatic heterocycles. The minimum absolute atomic E-state index is 0.155. The zero-order chi connectivity index (χ0) is 18.7.